The smallest absolute Gasteiger partial charge is 0.426 e. The summed E-state index contributed by atoms with van der Waals surface area (Å²) in [6.07, 6.45) is -0.938. The maximum Gasteiger partial charge on any atom is 0.426 e. The van der Waals surface area contributed by atoms with Gasteiger partial charge in [0.1, 0.15) is 34.7 Å². The molecule has 1 heterocycles. The Morgan fingerprint density at radius 2 is 1.84 bits per heavy atom. The molecule has 37 heavy (non-hydrogen) atoms. The largest absolute Gasteiger partial charge is 0.491 e. The first-order chi connectivity index (χ1) is 17.1. The van der Waals surface area contributed by atoms with Gasteiger partial charge in [-0.05, 0) is 69.5 Å². The number of carbonyl (C=O) groups excluding carboxylic acids is 2. The predicted molar refractivity (Wildman–Crippen MR) is 136 cm³/mol. The molecule has 0 spiro atoms. The standard InChI is InChI=1S/C25H31ClFN3O6S/c1-14-7-9-18(27)21(15(14)2)16(3)22(23(31)28-29-24(32)36-25(4,5)6)30-11-12-35-19-13-17(26)8-10-20(19)37(30,33)34/h7-10,13,16,22H,11-12H2,1-6H3,(H,28,31)(H,29,32)/t16?,22-/m0/s1. The molecule has 1 unspecified atom stereocenters. The van der Waals surface area contributed by atoms with Crippen molar-refractivity contribution in [1.29, 1.82) is 0 Å². The minimum Gasteiger partial charge on any atom is -0.491 e. The van der Waals surface area contributed by atoms with E-state index in [-0.39, 0.29) is 34.4 Å². The highest BCUT2D eigenvalue weighted by Crippen LogP contribution is 2.37. The van der Waals surface area contributed by atoms with E-state index in [1.165, 1.54) is 24.3 Å². The molecule has 1 aliphatic heterocycles. The first-order valence-corrected chi connectivity index (χ1v) is 13.4. The molecular formula is C25H31ClFN3O6S. The Morgan fingerprint density at radius 3 is 2.49 bits per heavy atom. The number of sulfonamides is 1. The molecule has 2 N–H and O–H groups in total. The number of hydrogen-bond acceptors (Lipinski definition) is 6. The van der Waals surface area contributed by atoms with Gasteiger partial charge in [-0.2, -0.15) is 4.31 Å². The van der Waals surface area contributed by atoms with Crippen LogP contribution in [-0.4, -0.2) is 49.5 Å². The van der Waals surface area contributed by atoms with Crippen LogP contribution in [0.4, 0.5) is 9.18 Å². The number of benzene rings is 2. The van der Waals surface area contributed by atoms with Crippen LogP contribution in [0.25, 0.3) is 0 Å². The molecule has 202 valence electrons. The van der Waals surface area contributed by atoms with E-state index in [9.17, 15) is 18.0 Å². The second-order valence-corrected chi connectivity index (χ2v) is 12.1. The minimum atomic E-state index is -4.31. The van der Waals surface area contributed by atoms with Crippen molar-refractivity contribution in [2.24, 2.45) is 0 Å². The fraction of sp³-hybridized carbons (Fsp3) is 0.440. The van der Waals surface area contributed by atoms with Gasteiger partial charge in [-0.15, -0.1) is 0 Å². The third kappa shape index (κ3) is 6.34. The molecule has 1 aliphatic rings. The predicted octanol–water partition coefficient (Wildman–Crippen LogP) is 4.21. The zero-order chi connectivity index (χ0) is 27.7. The van der Waals surface area contributed by atoms with Crippen LogP contribution in [0.15, 0.2) is 35.2 Å². The number of carbonyl (C=O) groups is 2. The van der Waals surface area contributed by atoms with Gasteiger partial charge < -0.3 is 9.47 Å². The molecule has 3 rings (SSSR count). The highest BCUT2D eigenvalue weighted by Gasteiger charge is 2.43. The number of aryl methyl sites for hydroxylation is 1. The van der Waals surface area contributed by atoms with Crippen molar-refractivity contribution in [2.75, 3.05) is 13.2 Å². The summed E-state index contributed by atoms with van der Waals surface area (Å²) in [7, 11) is -4.31. The monoisotopic (exact) mass is 555 g/mol. The van der Waals surface area contributed by atoms with Crippen LogP contribution in [0.5, 0.6) is 5.75 Å². The van der Waals surface area contributed by atoms with Crippen LogP contribution >= 0.6 is 11.6 Å². The fourth-order valence-corrected chi connectivity index (χ4v) is 6.13. The third-order valence-electron chi connectivity index (χ3n) is 5.99. The lowest BCUT2D eigenvalue weighted by atomic mass is 9.87. The van der Waals surface area contributed by atoms with Crippen LogP contribution < -0.4 is 15.6 Å². The van der Waals surface area contributed by atoms with Crippen LogP contribution in [0, 0.1) is 19.7 Å². The minimum absolute atomic E-state index is 0.0478. The van der Waals surface area contributed by atoms with Crippen molar-refractivity contribution in [2.45, 2.75) is 64.0 Å². The summed E-state index contributed by atoms with van der Waals surface area (Å²) < 4.78 is 54.4. The first-order valence-electron chi connectivity index (χ1n) is 11.6. The first kappa shape index (κ1) is 28.7. The van der Waals surface area contributed by atoms with Gasteiger partial charge in [-0.3, -0.25) is 10.2 Å². The topological polar surface area (TPSA) is 114 Å². The van der Waals surface area contributed by atoms with Crippen molar-refractivity contribution < 1.29 is 31.9 Å². The average Bonchev–Trinajstić information content (AvgIpc) is 2.90. The maximum atomic E-state index is 15.1. The van der Waals surface area contributed by atoms with Crippen LogP contribution in [-0.2, 0) is 19.6 Å². The Kier molecular flexibility index (Phi) is 8.40. The number of halogens is 2. The molecule has 0 saturated carbocycles. The Hall–Kier alpha value is -2.89. The Bertz CT molecular complexity index is 1310. The van der Waals surface area contributed by atoms with Crippen molar-refractivity contribution in [3.8, 4) is 5.75 Å². The summed E-state index contributed by atoms with van der Waals surface area (Å²) in [6.45, 7) is 9.71. The molecule has 9 nitrogen and oxygen atoms in total. The highest BCUT2D eigenvalue weighted by molar-refractivity contribution is 7.89. The molecule has 0 radical (unpaired) electrons. The number of nitrogens with zero attached hydrogens (tertiary/aromatic N) is 1. The van der Waals surface area contributed by atoms with E-state index in [0.29, 0.717) is 5.56 Å². The number of ether oxygens (including phenoxy) is 2. The molecular weight excluding hydrogens is 525 g/mol. The van der Waals surface area contributed by atoms with Crippen LogP contribution in [0.2, 0.25) is 5.02 Å². The van der Waals surface area contributed by atoms with Crippen molar-refractivity contribution in [3.05, 3.63) is 57.9 Å². The quantitative estimate of drug-likeness (QED) is 0.546. The number of amides is 2. The highest BCUT2D eigenvalue weighted by atomic mass is 35.5. The Morgan fingerprint density at radius 1 is 1.16 bits per heavy atom. The number of hydrogen-bond donors (Lipinski definition) is 2. The summed E-state index contributed by atoms with van der Waals surface area (Å²) in [6, 6.07) is 5.50. The Labute approximate surface area is 221 Å². The second-order valence-electron chi connectivity index (χ2n) is 9.81. The van der Waals surface area contributed by atoms with E-state index in [1.807, 2.05) is 0 Å². The average molecular weight is 556 g/mol. The summed E-state index contributed by atoms with van der Waals surface area (Å²) in [5, 5.41) is 0.282. The van der Waals surface area contributed by atoms with Gasteiger partial charge in [0, 0.05) is 23.6 Å². The molecule has 2 atom stereocenters. The zero-order valence-corrected chi connectivity index (χ0v) is 23.1. The molecule has 2 amide bonds. The summed E-state index contributed by atoms with van der Waals surface area (Å²) in [5.74, 6) is -2.36. The summed E-state index contributed by atoms with van der Waals surface area (Å²) >= 11 is 6.02. The summed E-state index contributed by atoms with van der Waals surface area (Å²) in [4.78, 5) is 25.5. The molecule has 0 aromatic heterocycles. The van der Waals surface area contributed by atoms with Crippen LogP contribution in [0.3, 0.4) is 0 Å². The van der Waals surface area contributed by atoms with Crippen molar-refractivity contribution in [3.63, 3.8) is 0 Å². The van der Waals surface area contributed by atoms with Gasteiger partial charge in [0.15, 0.2) is 0 Å². The zero-order valence-electron chi connectivity index (χ0n) is 21.5. The van der Waals surface area contributed by atoms with Crippen molar-refractivity contribution in [1.82, 2.24) is 15.2 Å². The molecule has 2 aromatic carbocycles. The number of rotatable bonds is 4. The van der Waals surface area contributed by atoms with E-state index in [0.717, 1.165) is 9.87 Å². The van der Waals surface area contributed by atoms with Gasteiger partial charge in [-0.1, -0.05) is 24.6 Å². The van der Waals surface area contributed by atoms with Gasteiger partial charge in [0.2, 0.25) is 10.0 Å². The lowest BCUT2D eigenvalue weighted by molar-refractivity contribution is -0.126. The summed E-state index contributed by atoms with van der Waals surface area (Å²) in [5.41, 5.74) is 5.11. The SMILES string of the molecule is Cc1ccc(F)c(C(C)[C@@H](C(=O)NNC(=O)OC(C)(C)C)N2CCOc3cc(Cl)ccc3S2(=O)=O)c1C. The van der Waals surface area contributed by atoms with Crippen LogP contribution in [0.1, 0.15) is 50.3 Å². The number of nitrogens with one attached hydrogen (secondary N) is 2. The van der Waals surface area contributed by atoms with E-state index in [2.05, 4.69) is 10.9 Å². The van der Waals surface area contributed by atoms with Gasteiger partial charge in [0.05, 0.1) is 0 Å². The van der Waals surface area contributed by atoms with E-state index < -0.39 is 45.4 Å². The number of fused-ring (bicyclic) bond motifs is 1. The van der Waals surface area contributed by atoms with E-state index in [1.54, 1.807) is 47.6 Å². The second kappa shape index (κ2) is 10.8. The third-order valence-corrected chi connectivity index (χ3v) is 8.14. The molecule has 0 saturated heterocycles. The van der Waals surface area contributed by atoms with E-state index >= 15 is 4.39 Å². The molecule has 0 aliphatic carbocycles. The molecule has 0 bridgehead atoms. The van der Waals surface area contributed by atoms with E-state index in [4.69, 9.17) is 21.1 Å². The lowest BCUT2D eigenvalue weighted by Crippen LogP contribution is -2.56. The molecule has 2 aromatic rings. The van der Waals surface area contributed by atoms with Gasteiger partial charge in [-0.25, -0.2) is 23.0 Å². The van der Waals surface area contributed by atoms with Crippen molar-refractivity contribution >= 4 is 33.6 Å². The normalized spacial score (nSPS) is 17.0. The Balaban J connectivity index is 2.07. The number of hydrazine groups is 1. The fourth-order valence-electron chi connectivity index (χ4n) is 4.21. The molecule has 12 heteroatoms. The maximum absolute atomic E-state index is 15.1. The molecule has 0 fully saturated rings. The lowest BCUT2D eigenvalue weighted by Gasteiger charge is -2.33. The van der Waals surface area contributed by atoms with Gasteiger partial charge >= 0.3 is 6.09 Å². The van der Waals surface area contributed by atoms with Gasteiger partial charge in [0.25, 0.3) is 5.91 Å².